The molecule has 2 aliphatic heterocycles. The molecule has 8 nitrogen and oxygen atoms in total. The molecular weight excluding hydrogens is 324 g/mol. The summed E-state index contributed by atoms with van der Waals surface area (Å²) in [4.78, 5) is 16.9. The summed E-state index contributed by atoms with van der Waals surface area (Å²) in [5.74, 6) is 1.54. The van der Waals surface area contributed by atoms with Crippen LogP contribution in [0.3, 0.4) is 0 Å². The molecule has 2 N–H and O–H groups in total. The van der Waals surface area contributed by atoms with Crippen molar-refractivity contribution in [1.29, 1.82) is 0 Å². The van der Waals surface area contributed by atoms with E-state index in [9.17, 15) is 4.79 Å². The summed E-state index contributed by atoms with van der Waals surface area (Å²) in [5.41, 5.74) is 0. The summed E-state index contributed by atoms with van der Waals surface area (Å²) in [7, 11) is 0. The fraction of sp³-hybridized carbons (Fsp3) is 0.824. The third kappa shape index (κ3) is 4.92. The Balaban J connectivity index is 1.63. The molecule has 0 aliphatic carbocycles. The highest BCUT2D eigenvalue weighted by atomic mass is 16.5. The number of carbonyl (C=O) groups is 1. The van der Waals surface area contributed by atoms with Crippen LogP contribution >= 0.6 is 0 Å². The Morgan fingerprint density at radius 3 is 2.68 bits per heavy atom. The molecule has 2 atom stereocenters. The highest BCUT2D eigenvalue weighted by Crippen LogP contribution is 2.29. The van der Waals surface area contributed by atoms with E-state index >= 15 is 0 Å². The highest BCUT2D eigenvalue weighted by molar-refractivity contribution is 5.74. The third-order valence-corrected chi connectivity index (χ3v) is 4.78. The Morgan fingerprint density at radius 1 is 1.24 bits per heavy atom. The number of urea groups is 1. The lowest BCUT2D eigenvalue weighted by atomic mass is 9.91. The van der Waals surface area contributed by atoms with Crippen LogP contribution < -0.4 is 10.6 Å². The van der Waals surface area contributed by atoms with E-state index in [0.717, 1.165) is 32.3 Å². The second kappa shape index (κ2) is 8.62. The maximum Gasteiger partial charge on any atom is 0.315 e. The second-order valence-corrected chi connectivity index (χ2v) is 7.06. The molecule has 8 heteroatoms. The van der Waals surface area contributed by atoms with Gasteiger partial charge in [0.1, 0.15) is 6.04 Å². The molecule has 140 valence electrons. The van der Waals surface area contributed by atoms with Crippen molar-refractivity contribution in [3.8, 4) is 0 Å². The van der Waals surface area contributed by atoms with Gasteiger partial charge in [0.15, 0.2) is 5.82 Å². The first-order chi connectivity index (χ1) is 12.1. The van der Waals surface area contributed by atoms with Crippen molar-refractivity contribution in [3.05, 3.63) is 11.7 Å². The predicted molar refractivity (Wildman–Crippen MR) is 90.2 cm³/mol. The van der Waals surface area contributed by atoms with Crippen molar-refractivity contribution in [2.75, 3.05) is 26.4 Å². The number of hydrogen-bond donors (Lipinski definition) is 2. The molecular formula is C17H28N4O4. The number of carbonyl (C=O) groups excluding carboxylic acids is 1. The van der Waals surface area contributed by atoms with E-state index in [1.165, 1.54) is 0 Å². The standard InChI is InChI=1S/C17H28N4O4/c1-11(2)15-20-16(25-21-15)14(12-5-8-23-9-6-12)19-17(22)18-10-13-4-3-7-24-13/h11-14H,3-10H2,1-2H3,(H2,18,19,22)/t13-,14+/m1/s1. The van der Waals surface area contributed by atoms with Gasteiger partial charge in [-0.05, 0) is 31.6 Å². The predicted octanol–water partition coefficient (Wildman–Crippen LogP) is 2.14. The second-order valence-electron chi connectivity index (χ2n) is 7.06. The number of rotatable bonds is 6. The van der Waals surface area contributed by atoms with Crippen molar-refractivity contribution in [3.63, 3.8) is 0 Å². The number of hydrogen-bond acceptors (Lipinski definition) is 6. The van der Waals surface area contributed by atoms with Gasteiger partial charge in [0, 0.05) is 32.3 Å². The minimum atomic E-state index is -0.298. The smallest absolute Gasteiger partial charge is 0.315 e. The zero-order valence-electron chi connectivity index (χ0n) is 15.0. The van der Waals surface area contributed by atoms with Crippen LogP contribution in [0.25, 0.3) is 0 Å². The molecule has 2 aliphatic rings. The molecule has 3 rings (SSSR count). The van der Waals surface area contributed by atoms with Gasteiger partial charge in [-0.15, -0.1) is 0 Å². The minimum absolute atomic E-state index is 0.114. The Hall–Kier alpha value is -1.67. The summed E-state index contributed by atoms with van der Waals surface area (Å²) < 4.78 is 16.4. The van der Waals surface area contributed by atoms with Gasteiger partial charge in [0.2, 0.25) is 5.89 Å². The van der Waals surface area contributed by atoms with E-state index in [1.807, 2.05) is 13.8 Å². The molecule has 0 spiro atoms. The fourth-order valence-corrected chi connectivity index (χ4v) is 3.24. The van der Waals surface area contributed by atoms with E-state index in [0.29, 0.717) is 31.5 Å². The molecule has 25 heavy (non-hydrogen) atoms. The minimum Gasteiger partial charge on any atom is -0.381 e. The lowest BCUT2D eigenvalue weighted by Crippen LogP contribution is -2.44. The van der Waals surface area contributed by atoms with E-state index in [-0.39, 0.29) is 30.0 Å². The quantitative estimate of drug-likeness (QED) is 0.814. The lowest BCUT2D eigenvalue weighted by Gasteiger charge is -2.28. The molecule has 0 bridgehead atoms. The van der Waals surface area contributed by atoms with Gasteiger partial charge in [-0.25, -0.2) is 4.79 Å². The van der Waals surface area contributed by atoms with Crippen molar-refractivity contribution in [2.45, 2.75) is 57.6 Å². The molecule has 2 fully saturated rings. The topological polar surface area (TPSA) is 98.5 Å². The summed E-state index contributed by atoms with van der Waals surface area (Å²) >= 11 is 0. The van der Waals surface area contributed by atoms with Crippen LogP contribution in [0.2, 0.25) is 0 Å². The molecule has 0 saturated carbocycles. The van der Waals surface area contributed by atoms with Crippen LogP contribution in [0.5, 0.6) is 0 Å². The van der Waals surface area contributed by atoms with Gasteiger partial charge in [0.25, 0.3) is 0 Å². The number of aromatic nitrogens is 2. The number of nitrogens with zero attached hydrogens (tertiary/aromatic N) is 2. The first kappa shape index (κ1) is 18.1. The normalized spacial score (nSPS) is 22.9. The van der Waals surface area contributed by atoms with Crippen LogP contribution in [0.1, 0.15) is 63.2 Å². The largest absolute Gasteiger partial charge is 0.381 e. The summed E-state index contributed by atoms with van der Waals surface area (Å²) in [6.45, 7) is 6.70. The van der Waals surface area contributed by atoms with Gasteiger partial charge < -0.3 is 24.6 Å². The van der Waals surface area contributed by atoms with Crippen molar-refractivity contribution in [1.82, 2.24) is 20.8 Å². The highest BCUT2D eigenvalue weighted by Gasteiger charge is 2.32. The number of nitrogens with one attached hydrogen (secondary N) is 2. The Kier molecular flexibility index (Phi) is 6.25. The molecule has 1 aromatic heterocycles. The van der Waals surface area contributed by atoms with Crippen LogP contribution in [-0.4, -0.2) is 48.6 Å². The van der Waals surface area contributed by atoms with Crippen LogP contribution in [-0.2, 0) is 9.47 Å². The van der Waals surface area contributed by atoms with Gasteiger partial charge in [-0.1, -0.05) is 19.0 Å². The Bertz CT molecular complexity index is 551. The van der Waals surface area contributed by atoms with Crippen LogP contribution in [0.4, 0.5) is 4.79 Å². The number of ether oxygens (including phenoxy) is 2. The van der Waals surface area contributed by atoms with Crippen molar-refractivity contribution in [2.24, 2.45) is 5.92 Å². The first-order valence-corrected chi connectivity index (χ1v) is 9.20. The van der Waals surface area contributed by atoms with Gasteiger partial charge in [-0.3, -0.25) is 0 Å². The molecule has 0 unspecified atom stereocenters. The van der Waals surface area contributed by atoms with Gasteiger partial charge in [-0.2, -0.15) is 4.98 Å². The lowest BCUT2D eigenvalue weighted by molar-refractivity contribution is 0.0501. The molecule has 2 amide bonds. The Labute approximate surface area is 148 Å². The van der Waals surface area contributed by atoms with Gasteiger partial charge >= 0.3 is 6.03 Å². The van der Waals surface area contributed by atoms with E-state index in [4.69, 9.17) is 14.0 Å². The van der Waals surface area contributed by atoms with E-state index < -0.39 is 0 Å². The van der Waals surface area contributed by atoms with E-state index in [2.05, 4.69) is 20.8 Å². The summed E-state index contributed by atoms with van der Waals surface area (Å²) in [5, 5.41) is 9.96. The zero-order valence-corrected chi connectivity index (χ0v) is 15.0. The maximum absolute atomic E-state index is 12.4. The fourth-order valence-electron chi connectivity index (χ4n) is 3.24. The first-order valence-electron chi connectivity index (χ1n) is 9.20. The number of amides is 2. The monoisotopic (exact) mass is 352 g/mol. The molecule has 0 radical (unpaired) electrons. The SMILES string of the molecule is CC(C)c1noc([C@@H](NC(=O)NC[C@H]2CCCO2)C2CCOCC2)n1. The Morgan fingerprint density at radius 2 is 2.04 bits per heavy atom. The van der Waals surface area contributed by atoms with Crippen LogP contribution in [0, 0.1) is 5.92 Å². The molecule has 0 aromatic carbocycles. The molecule has 3 heterocycles. The average molecular weight is 352 g/mol. The molecule has 1 aromatic rings. The zero-order chi connectivity index (χ0) is 17.6. The summed E-state index contributed by atoms with van der Waals surface area (Å²) in [6, 6.07) is -0.523. The third-order valence-electron chi connectivity index (χ3n) is 4.78. The summed E-state index contributed by atoms with van der Waals surface area (Å²) in [6.07, 6.45) is 3.87. The van der Waals surface area contributed by atoms with Crippen molar-refractivity contribution < 1.29 is 18.8 Å². The molecule has 2 saturated heterocycles. The van der Waals surface area contributed by atoms with Crippen molar-refractivity contribution >= 4 is 6.03 Å². The van der Waals surface area contributed by atoms with E-state index in [1.54, 1.807) is 0 Å². The van der Waals surface area contributed by atoms with Gasteiger partial charge in [0.05, 0.1) is 6.10 Å². The average Bonchev–Trinajstić information content (AvgIpc) is 3.30. The van der Waals surface area contributed by atoms with Crippen LogP contribution in [0.15, 0.2) is 4.52 Å². The maximum atomic E-state index is 12.4.